The van der Waals surface area contributed by atoms with Gasteiger partial charge in [0.25, 0.3) is 5.56 Å². The lowest BCUT2D eigenvalue weighted by Crippen LogP contribution is -2.11. The van der Waals surface area contributed by atoms with E-state index < -0.39 is 0 Å². The Labute approximate surface area is 171 Å². The van der Waals surface area contributed by atoms with Gasteiger partial charge in [0.2, 0.25) is 0 Å². The van der Waals surface area contributed by atoms with Crippen molar-refractivity contribution in [2.75, 3.05) is 5.75 Å². The molecule has 2 aromatic heterocycles. The summed E-state index contributed by atoms with van der Waals surface area (Å²) in [5.41, 5.74) is 3.32. The highest BCUT2D eigenvalue weighted by atomic mass is 32.2. The molecule has 0 spiro atoms. The van der Waals surface area contributed by atoms with Crippen molar-refractivity contribution in [2.45, 2.75) is 45.0 Å². The first kappa shape index (κ1) is 19.2. The van der Waals surface area contributed by atoms with Crippen LogP contribution in [0.1, 0.15) is 40.2 Å². The molecular weight excluding hydrogens is 392 g/mol. The van der Waals surface area contributed by atoms with Crippen molar-refractivity contribution in [3.05, 3.63) is 62.0 Å². The Bertz CT molecular complexity index is 1070. The third kappa shape index (κ3) is 4.31. The van der Waals surface area contributed by atoms with E-state index in [1.54, 1.807) is 23.1 Å². The van der Waals surface area contributed by atoms with E-state index in [4.69, 9.17) is 4.74 Å². The molecule has 0 radical (unpaired) electrons. The summed E-state index contributed by atoms with van der Waals surface area (Å²) in [6.07, 6.45) is 3.52. The van der Waals surface area contributed by atoms with Gasteiger partial charge in [0.1, 0.15) is 17.3 Å². The molecule has 0 bridgehead atoms. The second-order valence-electron chi connectivity index (χ2n) is 7.00. The van der Waals surface area contributed by atoms with Crippen LogP contribution in [0.4, 0.5) is 0 Å². The average molecular weight is 415 g/mol. The van der Waals surface area contributed by atoms with Crippen LogP contribution in [0.15, 0.2) is 29.1 Å². The first-order chi connectivity index (χ1) is 13.6. The van der Waals surface area contributed by atoms with Gasteiger partial charge in [-0.05, 0) is 37.3 Å². The van der Waals surface area contributed by atoms with Gasteiger partial charge in [-0.3, -0.25) is 9.59 Å². The van der Waals surface area contributed by atoms with E-state index >= 15 is 0 Å². The lowest BCUT2D eigenvalue weighted by Gasteiger charge is -2.06. The van der Waals surface area contributed by atoms with Crippen LogP contribution in [-0.4, -0.2) is 21.7 Å². The number of thioether (sulfide) groups is 1. The molecule has 0 fully saturated rings. The second kappa shape index (κ2) is 8.49. The summed E-state index contributed by atoms with van der Waals surface area (Å²) < 4.78 is 5.32. The van der Waals surface area contributed by atoms with E-state index in [-0.39, 0.29) is 11.5 Å². The van der Waals surface area contributed by atoms with Crippen molar-refractivity contribution in [3.8, 4) is 0 Å². The Hall–Kier alpha value is -2.12. The number of aromatic amines is 1. The van der Waals surface area contributed by atoms with Crippen LogP contribution in [0, 0.1) is 6.92 Å². The number of nitrogens with one attached hydrogen (secondary N) is 1. The van der Waals surface area contributed by atoms with Gasteiger partial charge in [0, 0.05) is 10.6 Å². The first-order valence-corrected chi connectivity index (χ1v) is 11.4. The third-order valence-corrected chi connectivity index (χ3v) is 6.95. The van der Waals surface area contributed by atoms with Crippen molar-refractivity contribution in [1.29, 1.82) is 0 Å². The topological polar surface area (TPSA) is 72.0 Å². The number of thiophene rings is 1. The minimum atomic E-state index is -0.208. The van der Waals surface area contributed by atoms with E-state index in [9.17, 15) is 9.59 Å². The van der Waals surface area contributed by atoms with Crippen molar-refractivity contribution >= 4 is 39.3 Å². The fourth-order valence-corrected chi connectivity index (χ4v) is 5.54. The molecule has 7 heteroatoms. The lowest BCUT2D eigenvalue weighted by atomic mass is 10.1. The smallest absolute Gasteiger partial charge is 0.306 e. The quantitative estimate of drug-likeness (QED) is 0.464. The third-order valence-electron chi connectivity index (χ3n) is 4.80. The van der Waals surface area contributed by atoms with Crippen LogP contribution in [0.5, 0.6) is 0 Å². The van der Waals surface area contributed by atoms with E-state index in [2.05, 4.69) is 9.97 Å². The largest absolute Gasteiger partial charge is 0.461 e. The van der Waals surface area contributed by atoms with Gasteiger partial charge in [0.05, 0.1) is 17.6 Å². The Kier molecular flexibility index (Phi) is 5.82. The van der Waals surface area contributed by atoms with Crippen LogP contribution >= 0.6 is 23.1 Å². The van der Waals surface area contributed by atoms with Crippen molar-refractivity contribution in [3.63, 3.8) is 0 Å². The number of aryl methyl sites for hydroxylation is 3. The standard InChI is InChI=1S/C21H22N2O3S2/c1-13-4-2-5-14(10-13)11-26-18(24)8-9-27-12-17-22-20(25)19-15-6-3-7-16(15)28-21(19)23-17/h2,4-5,10H,3,6-9,11-12H2,1H3,(H,22,23,25). The number of aromatic nitrogens is 2. The fraction of sp³-hybridized carbons (Fsp3) is 0.381. The number of H-pyrrole nitrogens is 1. The zero-order chi connectivity index (χ0) is 19.5. The summed E-state index contributed by atoms with van der Waals surface area (Å²) in [6, 6.07) is 7.94. The van der Waals surface area contributed by atoms with Gasteiger partial charge in [0.15, 0.2) is 0 Å². The van der Waals surface area contributed by atoms with Gasteiger partial charge in [-0.15, -0.1) is 11.3 Å². The molecule has 1 N–H and O–H groups in total. The summed E-state index contributed by atoms with van der Waals surface area (Å²) in [4.78, 5) is 34.0. The highest BCUT2D eigenvalue weighted by Crippen LogP contribution is 2.34. The van der Waals surface area contributed by atoms with Crippen LogP contribution in [0.2, 0.25) is 0 Å². The van der Waals surface area contributed by atoms with Crippen LogP contribution < -0.4 is 5.56 Å². The molecule has 1 aromatic carbocycles. The summed E-state index contributed by atoms with van der Waals surface area (Å²) in [5, 5.41) is 0.783. The Balaban J connectivity index is 1.26. The fourth-order valence-electron chi connectivity index (χ4n) is 3.48. The SMILES string of the molecule is Cc1cccc(COC(=O)CCSCc2nc3sc4c(c3c(=O)[nH]2)CCC4)c1. The summed E-state index contributed by atoms with van der Waals surface area (Å²) in [7, 11) is 0. The molecule has 146 valence electrons. The summed E-state index contributed by atoms with van der Waals surface area (Å²) in [5.74, 6) is 1.69. The maximum Gasteiger partial charge on any atom is 0.306 e. The molecule has 0 amide bonds. The minimum absolute atomic E-state index is 0.0300. The molecule has 0 saturated heterocycles. The molecule has 3 aromatic rings. The monoisotopic (exact) mass is 414 g/mol. The van der Waals surface area contributed by atoms with Crippen LogP contribution in [-0.2, 0) is 34.7 Å². The predicted octanol–water partition coefficient (Wildman–Crippen LogP) is 4.15. The normalized spacial score (nSPS) is 13.0. The molecule has 1 aliphatic carbocycles. The van der Waals surface area contributed by atoms with Crippen molar-refractivity contribution in [1.82, 2.24) is 9.97 Å². The number of fused-ring (bicyclic) bond motifs is 3. The molecule has 2 heterocycles. The van der Waals surface area contributed by atoms with Gasteiger partial charge >= 0.3 is 5.97 Å². The second-order valence-corrected chi connectivity index (χ2v) is 9.19. The number of rotatable bonds is 7. The number of nitrogens with zero attached hydrogens (tertiary/aromatic N) is 1. The predicted molar refractivity (Wildman–Crippen MR) is 114 cm³/mol. The van der Waals surface area contributed by atoms with Gasteiger partial charge in [-0.1, -0.05) is 29.8 Å². The molecule has 5 nitrogen and oxygen atoms in total. The first-order valence-electron chi connectivity index (χ1n) is 9.42. The van der Waals surface area contributed by atoms with Crippen molar-refractivity contribution in [2.24, 2.45) is 0 Å². The molecule has 1 aliphatic rings. The summed E-state index contributed by atoms with van der Waals surface area (Å²) in [6.45, 7) is 2.32. The Morgan fingerprint density at radius 1 is 1.36 bits per heavy atom. The molecule has 0 saturated carbocycles. The van der Waals surface area contributed by atoms with Crippen molar-refractivity contribution < 1.29 is 9.53 Å². The molecule has 0 atom stereocenters. The highest BCUT2D eigenvalue weighted by molar-refractivity contribution is 7.98. The minimum Gasteiger partial charge on any atom is -0.461 e. The molecule has 4 rings (SSSR count). The van der Waals surface area contributed by atoms with E-state index in [0.717, 1.165) is 40.6 Å². The van der Waals surface area contributed by atoms with E-state index in [1.807, 2.05) is 31.2 Å². The maximum absolute atomic E-state index is 12.4. The van der Waals surface area contributed by atoms with Gasteiger partial charge in [-0.2, -0.15) is 11.8 Å². The number of carbonyl (C=O) groups is 1. The lowest BCUT2D eigenvalue weighted by molar-refractivity contribution is -0.144. The van der Waals surface area contributed by atoms with Crippen LogP contribution in [0.25, 0.3) is 10.2 Å². The number of esters is 1. The van der Waals surface area contributed by atoms with Crippen LogP contribution in [0.3, 0.4) is 0 Å². The van der Waals surface area contributed by atoms with E-state index in [1.165, 1.54) is 10.4 Å². The van der Waals surface area contributed by atoms with Gasteiger partial charge in [-0.25, -0.2) is 4.98 Å². The number of benzene rings is 1. The molecular formula is C21H22N2O3S2. The summed E-state index contributed by atoms with van der Waals surface area (Å²) >= 11 is 3.23. The molecule has 0 unspecified atom stereocenters. The number of ether oxygens (including phenoxy) is 1. The van der Waals surface area contributed by atoms with E-state index in [0.29, 0.717) is 30.4 Å². The zero-order valence-electron chi connectivity index (χ0n) is 15.7. The zero-order valence-corrected chi connectivity index (χ0v) is 17.4. The highest BCUT2D eigenvalue weighted by Gasteiger charge is 2.21. The number of carbonyl (C=O) groups excluding carboxylic acids is 1. The molecule has 0 aliphatic heterocycles. The number of hydrogen-bond acceptors (Lipinski definition) is 6. The number of hydrogen-bond donors (Lipinski definition) is 1. The Morgan fingerprint density at radius 3 is 3.11 bits per heavy atom. The Morgan fingerprint density at radius 2 is 2.25 bits per heavy atom. The van der Waals surface area contributed by atoms with Gasteiger partial charge < -0.3 is 9.72 Å². The average Bonchev–Trinajstić information content (AvgIpc) is 3.24. The maximum atomic E-state index is 12.4. The molecule has 28 heavy (non-hydrogen) atoms.